The largest absolute Gasteiger partial charge is 0.497 e. The number of fused-ring (bicyclic) bond motifs is 1. The number of rotatable bonds is 3. The van der Waals surface area contributed by atoms with Crippen molar-refractivity contribution in [3.63, 3.8) is 0 Å². The normalized spacial score (nSPS) is 10.6. The molecule has 0 saturated carbocycles. The van der Waals surface area contributed by atoms with Crippen LogP contribution in [0.3, 0.4) is 0 Å². The maximum atomic E-state index is 12.5. The van der Waals surface area contributed by atoms with Crippen LogP contribution in [-0.2, 0) is 0 Å². The van der Waals surface area contributed by atoms with E-state index in [1.54, 1.807) is 31.4 Å². The van der Waals surface area contributed by atoms with Gasteiger partial charge in [-0.3, -0.25) is 4.79 Å². The van der Waals surface area contributed by atoms with Crippen molar-refractivity contribution in [1.29, 1.82) is 0 Å². The monoisotopic (exact) mass is 282 g/mol. The van der Waals surface area contributed by atoms with Gasteiger partial charge in [-0.05, 0) is 24.3 Å². The molecule has 0 saturated heterocycles. The lowest BCUT2D eigenvalue weighted by molar-refractivity contribution is 0.398. The van der Waals surface area contributed by atoms with Crippen molar-refractivity contribution in [2.45, 2.75) is 0 Å². The van der Waals surface area contributed by atoms with Gasteiger partial charge >= 0.3 is 0 Å². The summed E-state index contributed by atoms with van der Waals surface area (Å²) in [6, 6.07) is 14.4. The molecule has 4 nitrogen and oxygen atoms in total. The molecule has 0 atom stereocenters. The van der Waals surface area contributed by atoms with Crippen molar-refractivity contribution in [3.05, 3.63) is 58.8 Å². The van der Waals surface area contributed by atoms with Crippen LogP contribution < -0.4 is 14.9 Å². The smallest absolute Gasteiger partial charge is 0.235 e. The number of hydrogen-bond donors (Lipinski definition) is 0. The zero-order chi connectivity index (χ0) is 14.8. The minimum atomic E-state index is -0.183. The summed E-state index contributed by atoms with van der Waals surface area (Å²) in [4.78, 5) is 12.5. The van der Waals surface area contributed by atoms with Crippen LogP contribution >= 0.6 is 0 Å². The number of ether oxygens (including phenoxy) is 2. The second kappa shape index (κ2) is 5.32. The Morgan fingerprint density at radius 3 is 2.52 bits per heavy atom. The molecule has 1 aromatic heterocycles. The number of para-hydroxylation sites is 1. The van der Waals surface area contributed by atoms with E-state index < -0.39 is 0 Å². The predicted octanol–water partition coefficient (Wildman–Crippen LogP) is 3.48. The molecule has 106 valence electrons. The fourth-order valence-corrected chi connectivity index (χ4v) is 2.26. The number of hydrogen-bond acceptors (Lipinski definition) is 4. The van der Waals surface area contributed by atoms with Crippen molar-refractivity contribution in [1.82, 2.24) is 0 Å². The number of benzene rings is 2. The average Bonchev–Trinajstić information content (AvgIpc) is 2.55. The lowest BCUT2D eigenvalue weighted by Gasteiger charge is -2.09. The molecule has 0 aliphatic heterocycles. The summed E-state index contributed by atoms with van der Waals surface area (Å²) < 4.78 is 16.3. The van der Waals surface area contributed by atoms with Crippen molar-refractivity contribution in [2.24, 2.45) is 0 Å². The predicted molar refractivity (Wildman–Crippen MR) is 81.0 cm³/mol. The molecule has 0 radical (unpaired) electrons. The van der Waals surface area contributed by atoms with E-state index >= 15 is 0 Å². The highest BCUT2D eigenvalue weighted by atomic mass is 16.5. The first kappa shape index (κ1) is 13.2. The van der Waals surface area contributed by atoms with E-state index in [1.165, 1.54) is 7.11 Å². The molecular formula is C17H14O4. The Morgan fingerprint density at radius 2 is 1.76 bits per heavy atom. The molecule has 0 spiro atoms. The molecule has 2 aromatic carbocycles. The second-order valence-corrected chi connectivity index (χ2v) is 4.52. The zero-order valence-electron chi connectivity index (χ0n) is 11.8. The molecule has 0 aliphatic rings. The van der Waals surface area contributed by atoms with Crippen molar-refractivity contribution in [2.75, 3.05) is 14.2 Å². The van der Waals surface area contributed by atoms with Gasteiger partial charge in [-0.2, -0.15) is 0 Å². The van der Waals surface area contributed by atoms with Gasteiger partial charge in [0.05, 0.1) is 19.6 Å². The van der Waals surface area contributed by atoms with E-state index in [-0.39, 0.29) is 11.2 Å². The van der Waals surface area contributed by atoms with Crippen LogP contribution in [0.15, 0.2) is 57.7 Å². The molecule has 0 fully saturated rings. The van der Waals surface area contributed by atoms with Crippen LogP contribution in [0.5, 0.6) is 11.5 Å². The van der Waals surface area contributed by atoms with Crippen LogP contribution in [-0.4, -0.2) is 14.2 Å². The molecular weight excluding hydrogens is 268 g/mol. The standard InChI is InChI=1S/C17H14O4/c1-19-12-7-5-6-11(10-12)16-17(20-2)15(18)13-8-3-4-9-14(13)21-16/h3-10H,1-2H3. The van der Waals surface area contributed by atoms with Crippen LogP contribution in [0.1, 0.15) is 0 Å². The minimum absolute atomic E-state index is 0.183. The highest BCUT2D eigenvalue weighted by Gasteiger charge is 2.16. The lowest BCUT2D eigenvalue weighted by Crippen LogP contribution is -2.07. The first-order valence-corrected chi connectivity index (χ1v) is 6.49. The molecule has 0 aliphatic carbocycles. The van der Waals surface area contributed by atoms with E-state index in [1.807, 2.05) is 24.3 Å². The maximum Gasteiger partial charge on any atom is 0.235 e. The summed E-state index contributed by atoms with van der Waals surface area (Å²) in [5.74, 6) is 1.28. The molecule has 4 heteroatoms. The van der Waals surface area contributed by atoms with Gasteiger partial charge in [-0.25, -0.2) is 0 Å². The Morgan fingerprint density at radius 1 is 0.952 bits per heavy atom. The van der Waals surface area contributed by atoms with E-state index in [4.69, 9.17) is 13.9 Å². The highest BCUT2D eigenvalue weighted by molar-refractivity contribution is 5.82. The third-order valence-corrected chi connectivity index (χ3v) is 3.29. The van der Waals surface area contributed by atoms with Gasteiger partial charge in [-0.15, -0.1) is 0 Å². The van der Waals surface area contributed by atoms with Crippen molar-refractivity contribution in [3.8, 4) is 22.8 Å². The van der Waals surface area contributed by atoms with Gasteiger partial charge in [0.1, 0.15) is 11.3 Å². The van der Waals surface area contributed by atoms with Crippen molar-refractivity contribution >= 4 is 11.0 Å². The van der Waals surface area contributed by atoms with Gasteiger partial charge in [0.25, 0.3) is 0 Å². The fraction of sp³-hybridized carbons (Fsp3) is 0.118. The van der Waals surface area contributed by atoms with Gasteiger partial charge in [0.15, 0.2) is 5.76 Å². The Hall–Kier alpha value is -2.75. The third-order valence-electron chi connectivity index (χ3n) is 3.29. The van der Waals surface area contributed by atoms with E-state index in [0.29, 0.717) is 22.5 Å². The third kappa shape index (κ3) is 2.25. The summed E-state index contributed by atoms with van der Waals surface area (Å²) >= 11 is 0. The summed E-state index contributed by atoms with van der Waals surface area (Å²) in [5.41, 5.74) is 1.08. The van der Waals surface area contributed by atoms with Crippen LogP contribution in [0.25, 0.3) is 22.3 Å². The highest BCUT2D eigenvalue weighted by Crippen LogP contribution is 2.32. The molecule has 21 heavy (non-hydrogen) atoms. The van der Waals surface area contributed by atoms with Gasteiger partial charge in [0.2, 0.25) is 11.2 Å². The fourth-order valence-electron chi connectivity index (χ4n) is 2.26. The summed E-state index contributed by atoms with van der Waals surface area (Å²) in [5, 5.41) is 0.501. The SMILES string of the molecule is COc1cccc(-c2oc3ccccc3c(=O)c2OC)c1. The Labute approximate surface area is 121 Å². The second-order valence-electron chi connectivity index (χ2n) is 4.52. The van der Waals surface area contributed by atoms with E-state index in [9.17, 15) is 4.79 Å². The van der Waals surface area contributed by atoms with Gasteiger partial charge in [0, 0.05) is 5.56 Å². The Bertz CT molecular complexity index is 849. The molecule has 0 bridgehead atoms. The summed E-state index contributed by atoms with van der Waals surface area (Å²) in [7, 11) is 3.05. The summed E-state index contributed by atoms with van der Waals surface area (Å²) in [6.45, 7) is 0. The first-order chi connectivity index (χ1) is 10.2. The molecule has 3 aromatic rings. The van der Waals surface area contributed by atoms with Crippen LogP contribution in [0, 0.1) is 0 Å². The minimum Gasteiger partial charge on any atom is -0.497 e. The topological polar surface area (TPSA) is 48.7 Å². The maximum absolute atomic E-state index is 12.5. The summed E-state index contributed by atoms with van der Waals surface area (Å²) in [6.07, 6.45) is 0. The van der Waals surface area contributed by atoms with E-state index in [2.05, 4.69) is 0 Å². The average molecular weight is 282 g/mol. The Balaban J connectivity index is 2.33. The molecule has 3 rings (SSSR count). The van der Waals surface area contributed by atoms with Crippen LogP contribution in [0.2, 0.25) is 0 Å². The number of methoxy groups -OCH3 is 2. The van der Waals surface area contributed by atoms with Gasteiger partial charge < -0.3 is 13.9 Å². The Kier molecular flexibility index (Phi) is 3.36. The first-order valence-electron chi connectivity index (χ1n) is 6.49. The van der Waals surface area contributed by atoms with Gasteiger partial charge in [-0.1, -0.05) is 24.3 Å². The molecule has 0 N–H and O–H groups in total. The quantitative estimate of drug-likeness (QED) is 0.738. The molecule has 0 amide bonds. The molecule has 1 heterocycles. The lowest BCUT2D eigenvalue weighted by atomic mass is 10.1. The zero-order valence-corrected chi connectivity index (χ0v) is 11.8. The van der Waals surface area contributed by atoms with E-state index in [0.717, 1.165) is 5.56 Å². The van der Waals surface area contributed by atoms with Crippen LogP contribution in [0.4, 0.5) is 0 Å². The molecule has 0 unspecified atom stereocenters. The van der Waals surface area contributed by atoms with Crippen molar-refractivity contribution < 1.29 is 13.9 Å².